The van der Waals surface area contributed by atoms with Gasteiger partial charge in [-0.2, -0.15) is 4.98 Å². The molecule has 154 valence electrons. The molecular weight excluding hydrogens is 432 g/mol. The third-order valence-corrected chi connectivity index (χ3v) is 6.67. The molecule has 3 heterocycles. The molecule has 5 aromatic rings. The second kappa shape index (κ2) is 7.76. The fourth-order valence-electron chi connectivity index (χ4n) is 3.50. The van der Waals surface area contributed by atoms with Gasteiger partial charge in [-0.3, -0.25) is 9.36 Å². The van der Waals surface area contributed by atoms with Crippen LogP contribution in [0, 0.1) is 13.8 Å². The lowest BCUT2D eigenvalue weighted by atomic mass is 10.1. The molecule has 0 atom stereocenters. The zero-order valence-corrected chi connectivity index (χ0v) is 18.4. The van der Waals surface area contributed by atoms with E-state index in [0.717, 1.165) is 27.1 Å². The average Bonchev–Trinajstić information content (AvgIpc) is 3.37. The standard InChI is InChI=1S/C23H17ClN4O2S/c1-13-6-5-8-15(10-13)20-26-21(30-27-20)19-14(2)18-22(31-19)25-12-28(23(18)29)11-16-7-3-4-9-17(16)24/h3-10,12H,11H2,1-2H3. The van der Waals surface area contributed by atoms with Crippen LogP contribution in [-0.2, 0) is 6.54 Å². The molecule has 2 aromatic carbocycles. The number of hydrogen-bond donors (Lipinski definition) is 0. The van der Waals surface area contributed by atoms with Gasteiger partial charge in [0.15, 0.2) is 0 Å². The van der Waals surface area contributed by atoms with Crippen LogP contribution in [0.1, 0.15) is 16.7 Å². The second-order valence-electron chi connectivity index (χ2n) is 7.30. The Balaban J connectivity index is 1.56. The number of aromatic nitrogens is 4. The van der Waals surface area contributed by atoms with Gasteiger partial charge >= 0.3 is 0 Å². The Kier molecular flexibility index (Phi) is 4.92. The van der Waals surface area contributed by atoms with Crippen LogP contribution in [0.3, 0.4) is 0 Å². The minimum absolute atomic E-state index is 0.122. The van der Waals surface area contributed by atoms with Crippen LogP contribution in [0.4, 0.5) is 0 Å². The van der Waals surface area contributed by atoms with Gasteiger partial charge in [0.25, 0.3) is 11.4 Å². The van der Waals surface area contributed by atoms with Crippen molar-refractivity contribution in [2.75, 3.05) is 0 Å². The second-order valence-corrected chi connectivity index (χ2v) is 8.70. The zero-order valence-electron chi connectivity index (χ0n) is 16.8. The molecule has 0 fully saturated rings. The van der Waals surface area contributed by atoms with Gasteiger partial charge in [-0.05, 0) is 37.1 Å². The minimum atomic E-state index is -0.122. The molecule has 0 bridgehead atoms. The van der Waals surface area contributed by atoms with E-state index in [1.807, 2.05) is 62.4 Å². The summed E-state index contributed by atoms with van der Waals surface area (Å²) < 4.78 is 7.10. The van der Waals surface area contributed by atoms with Crippen molar-refractivity contribution in [2.45, 2.75) is 20.4 Å². The lowest BCUT2D eigenvalue weighted by Crippen LogP contribution is -2.21. The fraction of sp³-hybridized carbons (Fsp3) is 0.130. The zero-order chi connectivity index (χ0) is 21.5. The molecule has 0 saturated heterocycles. The summed E-state index contributed by atoms with van der Waals surface area (Å²) in [4.78, 5) is 23.6. The summed E-state index contributed by atoms with van der Waals surface area (Å²) >= 11 is 7.64. The quantitative estimate of drug-likeness (QED) is 0.363. The largest absolute Gasteiger partial charge is 0.333 e. The molecular formula is C23H17ClN4O2S. The van der Waals surface area contributed by atoms with E-state index in [1.165, 1.54) is 11.3 Å². The Hall–Kier alpha value is -3.29. The summed E-state index contributed by atoms with van der Waals surface area (Å²) in [6.45, 7) is 4.25. The topological polar surface area (TPSA) is 73.8 Å². The third-order valence-electron chi connectivity index (χ3n) is 5.11. The highest BCUT2D eigenvalue weighted by Gasteiger charge is 2.20. The summed E-state index contributed by atoms with van der Waals surface area (Å²) in [5.74, 6) is 0.897. The van der Waals surface area contributed by atoms with Crippen LogP contribution in [0.15, 0.2) is 64.2 Å². The highest BCUT2D eigenvalue weighted by Crippen LogP contribution is 2.35. The molecule has 5 rings (SSSR count). The molecule has 0 N–H and O–H groups in total. The van der Waals surface area contributed by atoms with Crippen molar-refractivity contribution < 1.29 is 4.52 Å². The predicted octanol–water partition coefficient (Wildman–Crippen LogP) is 5.49. The molecule has 0 aliphatic rings. The molecule has 0 spiro atoms. The van der Waals surface area contributed by atoms with Crippen molar-refractivity contribution in [2.24, 2.45) is 0 Å². The maximum atomic E-state index is 13.2. The molecule has 3 aromatic heterocycles. The van der Waals surface area contributed by atoms with E-state index >= 15 is 0 Å². The Bertz CT molecular complexity index is 1480. The van der Waals surface area contributed by atoms with Crippen molar-refractivity contribution in [3.63, 3.8) is 0 Å². The molecule has 0 saturated carbocycles. The van der Waals surface area contributed by atoms with E-state index in [4.69, 9.17) is 16.1 Å². The van der Waals surface area contributed by atoms with Crippen LogP contribution >= 0.6 is 22.9 Å². The molecule has 8 heteroatoms. The molecule has 0 unspecified atom stereocenters. The SMILES string of the molecule is Cc1cccc(-c2noc(-c3sc4ncn(Cc5ccccc5Cl)c(=O)c4c3C)n2)c1. The highest BCUT2D eigenvalue weighted by atomic mass is 35.5. The number of halogens is 1. The van der Waals surface area contributed by atoms with Crippen molar-refractivity contribution in [1.29, 1.82) is 0 Å². The summed E-state index contributed by atoms with van der Waals surface area (Å²) in [5.41, 5.74) is 3.52. The van der Waals surface area contributed by atoms with Gasteiger partial charge in [0.2, 0.25) is 5.82 Å². The molecule has 31 heavy (non-hydrogen) atoms. The highest BCUT2D eigenvalue weighted by molar-refractivity contribution is 7.22. The fourth-order valence-corrected chi connectivity index (χ4v) is 4.76. The maximum Gasteiger partial charge on any atom is 0.268 e. The van der Waals surface area contributed by atoms with Crippen LogP contribution in [-0.4, -0.2) is 19.7 Å². The molecule has 0 aliphatic heterocycles. The third kappa shape index (κ3) is 3.56. The maximum absolute atomic E-state index is 13.2. The van der Waals surface area contributed by atoms with E-state index in [2.05, 4.69) is 15.1 Å². The number of benzene rings is 2. The summed E-state index contributed by atoms with van der Waals surface area (Å²) in [6, 6.07) is 15.4. The van der Waals surface area contributed by atoms with Crippen molar-refractivity contribution in [1.82, 2.24) is 19.7 Å². The van der Waals surface area contributed by atoms with Gasteiger partial charge in [0.05, 0.1) is 23.1 Å². The average molecular weight is 449 g/mol. The number of fused-ring (bicyclic) bond motifs is 1. The number of thiophene rings is 1. The van der Waals surface area contributed by atoms with Crippen molar-refractivity contribution >= 4 is 33.2 Å². The normalized spacial score (nSPS) is 11.3. The lowest BCUT2D eigenvalue weighted by molar-refractivity contribution is 0.433. The van der Waals surface area contributed by atoms with E-state index in [1.54, 1.807) is 10.9 Å². The van der Waals surface area contributed by atoms with E-state index in [0.29, 0.717) is 33.5 Å². The van der Waals surface area contributed by atoms with E-state index < -0.39 is 0 Å². The van der Waals surface area contributed by atoms with Crippen LogP contribution < -0.4 is 5.56 Å². The minimum Gasteiger partial charge on any atom is -0.333 e. The smallest absolute Gasteiger partial charge is 0.268 e. The number of aryl methyl sites for hydroxylation is 2. The van der Waals surface area contributed by atoms with Gasteiger partial charge in [-0.1, -0.05) is 58.7 Å². The molecule has 6 nitrogen and oxygen atoms in total. The van der Waals surface area contributed by atoms with Crippen molar-refractivity contribution in [3.8, 4) is 22.2 Å². The number of hydrogen-bond acceptors (Lipinski definition) is 6. The first-order chi connectivity index (χ1) is 15.0. The summed E-state index contributed by atoms with van der Waals surface area (Å²) in [5, 5.41) is 5.30. The summed E-state index contributed by atoms with van der Waals surface area (Å²) in [7, 11) is 0. The molecule has 0 aliphatic carbocycles. The van der Waals surface area contributed by atoms with Gasteiger partial charge in [-0.15, -0.1) is 11.3 Å². The summed E-state index contributed by atoms with van der Waals surface area (Å²) in [6.07, 6.45) is 1.56. The van der Waals surface area contributed by atoms with E-state index in [-0.39, 0.29) is 5.56 Å². The van der Waals surface area contributed by atoms with Gasteiger partial charge in [-0.25, -0.2) is 4.98 Å². The van der Waals surface area contributed by atoms with Crippen LogP contribution in [0.2, 0.25) is 5.02 Å². The Labute approximate surface area is 186 Å². The Morgan fingerprint density at radius 3 is 2.77 bits per heavy atom. The first-order valence-electron chi connectivity index (χ1n) is 9.64. The van der Waals surface area contributed by atoms with Gasteiger partial charge < -0.3 is 4.52 Å². The molecule has 0 amide bonds. The lowest BCUT2D eigenvalue weighted by Gasteiger charge is -2.07. The first-order valence-corrected chi connectivity index (χ1v) is 10.8. The van der Waals surface area contributed by atoms with Crippen LogP contribution in [0.25, 0.3) is 32.4 Å². The van der Waals surface area contributed by atoms with Gasteiger partial charge in [0.1, 0.15) is 4.83 Å². The number of nitrogens with zero attached hydrogens (tertiary/aromatic N) is 4. The molecule has 0 radical (unpaired) electrons. The van der Waals surface area contributed by atoms with Crippen LogP contribution in [0.5, 0.6) is 0 Å². The first kappa shape index (κ1) is 19.7. The number of rotatable bonds is 4. The van der Waals surface area contributed by atoms with Gasteiger partial charge in [0, 0.05) is 10.6 Å². The Morgan fingerprint density at radius 2 is 1.97 bits per heavy atom. The van der Waals surface area contributed by atoms with Crippen molar-refractivity contribution in [3.05, 3.63) is 86.9 Å². The Morgan fingerprint density at radius 1 is 1.13 bits per heavy atom. The van der Waals surface area contributed by atoms with E-state index in [9.17, 15) is 4.79 Å². The predicted molar refractivity (Wildman–Crippen MR) is 123 cm³/mol. The monoisotopic (exact) mass is 448 g/mol.